The molecule has 1 unspecified atom stereocenters. The zero-order valence-electron chi connectivity index (χ0n) is 9.05. The van der Waals surface area contributed by atoms with Gasteiger partial charge in [-0.15, -0.1) is 11.3 Å². The molecule has 0 aromatic carbocycles. The summed E-state index contributed by atoms with van der Waals surface area (Å²) in [4.78, 5) is 8.39. The van der Waals surface area contributed by atoms with E-state index >= 15 is 0 Å². The minimum Gasteiger partial charge on any atom is -0.271 e. The van der Waals surface area contributed by atoms with E-state index in [1.165, 1.54) is 5.56 Å². The first-order chi connectivity index (χ1) is 7.81. The van der Waals surface area contributed by atoms with Gasteiger partial charge in [-0.25, -0.2) is 4.98 Å². The summed E-state index contributed by atoms with van der Waals surface area (Å²) in [6, 6.07) is 2.06. The van der Waals surface area contributed by atoms with Crippen LogP contribution in [0.2, 0.25) is 0 Å². The van der Waals surface area contributed by atoms with E-state index in [2.05, 4.69) is 22.3 Å². The Kier molecular flexibility index (Phi) is 3.61. The van der Waals surface area contributed by atoms with Gasteiger partial charge in [-0.2, -0.15) is 0 Å². The highest BCUT2D eigenvalue weighted by atomic mass is 32.1. The summed E-state index contributed by atoms with van der Waals surface area (Å²) in [5.74, 6) is 5.59. The lowest BCUT2D eigenvalue weighted by molar-refractivity contribution is 0.546. The van der Waals surface area contributed by atoms with Crippen molar-refractivity contribution in [2.24, 2.45) is 5.84 Å². The molecule has 16 heavy (non-hydrogen) atoms. The summed E-state index contributed by atoms with van der Waals surface area (Å²) >= 11 is 1.64. The molecular formula is C11H14N4S. The molecule has 0 aliphatic heterocycles. The molecular weight excluding hydrogens is 220 g/mol. The normalized spacial score (nSPS) is 12.6. The minimum absolute atomic E-state index is 0.0693. The predicted octanol–water partition coefficient (Wildman–Crippen LogP) is 1.59. The van der Waals surface area contributed by atoms with Crippen LogP contribution in [0, 0.1) is 6.92 Å². The monoisotopic (exact) mass is 234 g/mol. The van der Waals surface area contributed by atoms with E-state index in [-0.39, 0.29) is 6.04 Å². The molecule has 0 saturated carbocycles. The molecule has 3 N–H and O–H groups in total. The number of rotatable bonds is 4. The van der Waals surface area contributed by atoms with Crippen LogP contribution in [0.5, 0.6) is 0 Å². The predicted molar refractivity (Wildman–Crippen MR) is 64.9 cm³/mol. The second-order valence-electron chi connectivity index (χ2n) is 3.58. The summed E-state index contributed by atoms with van der Waals surface area (Å²) in [5.41, 5.74) is 5.14. The highest BCUT2D eigenvalue weighted by Crippen LogP contribution is 2.20. The van der Waals surface area contributed by atoms with Gasteiger partial charge in [0.1, 0.15) is 0 Å². The van der Waals surface area contributed by atoms with Gasteiger partial charge in [-0.1, -0.05) is 0 Å². The molecule has 5 heteroatoms. The van der Waals surface area contributed by atoms with Gasteiger partial charge in [-0.3, -0.25) is 16.3 Å². The number of nitrogens with two attached hydrogens (primary N) is 1. The van der Waals surface area contributed by atoms with E-state index in [0.717, 1.165) is 17.0 Å². The number of hydrazine groups is 1. The van der Waals surface area contributed by atoms with E-state index in [9.17, 15) is 0 Å². The van der Waals surface area contributed by atoms with Crippen molar-refractivity contribution < 1.29 is 0 Å². The van der Waals surface area contributed by atoms with Crippen molar-refractivity contribution >= 4 is 11.3 Å². The van der Waals surface area contributed by atoms with Gasteiger partial charge in [0.25, 0.3) is 0 Å². The summed E-state index contributed by atoms with van der Waals surface area (Å²) < 4.78 is 0. The lowest BCUT2D eigenvalue weighted by atomic mass is 10.0. The fraction of sp³-hybridized carbons (Fsp3) is 0.273. The molecule has 0 amide bonds. The lowest BCUT2D eigenvalue weighted by Crippen LogP contribution is -2.30. The SMILES string of the molecule is Cc1ccncc1C(Cc1nccs1)NN. The number of thiazole rings is 1. The third kappa shape index (κ3) is 2.44. The van der Waals surface area contributed by atoms with Crippen LogP contribution in [-0.4, -0.2) is 9.97 Å². The van der Waals surface area contributed by atoms with E-state index in [1.807, 2.05) is 23.8 Å². The zero-order valence-corrected chi connectivity index (χ0v) is 9.87. The molecule has 0 fully saturated rings. The Bertz CT molecular complexity index is 441. The Morgan fingerprint density at radius 2 is 2.38 bits per heavy atom. The van der Waals surface area contributed by atoms with E-state index in [1.54, 1.807) is 17.5 Å². The third-order valence-corrected chi connectivity index (χ3v) is 3.32. The second kappa shape index (κ2) is 5.16. The number of aromatic nitrogens is 2. The molecule has 0 bridgehead atoms. The van der Waals surface area contributed by atoms with Crippen molar-refractivity contribution in [3.63, 3.8) is 0 Å². The Morgan fingerprint density at radius 3 is 3.00 bits per heavy atom. The van der Waals surface area contributed by atoms with Crippen LogP contribution >= 0.6 is 11.3 Å². The highest BCUT2D eigenvalue weighted by molar-refractivity contribution is 7.09. The Labute approximate surface area is 98.5 Å². The van der Waals surface area contributed by atoms with Crippen molar-refractivity contribution in [3.05, 3.63) is 46.2 Å². The molecule has 4 nitrogen and oxygen atoms in total. The Hall–Kier alpha value is -1.30. The second-order valence-corrected chi connectivity index (χ2v) is 4.56. The van der Waals surface area contributed by atoms with Gasteiger partial charge in [0.15, 0.2) is 0 Å². The van der Waals surface area contributed by atoms with Crippen molar-refractivity contribution in [2.45, 2.75) is 19.4 Å². The molecule has 0 aliphatic carbocycles. The van der Waals surface area contributed by atoms with Crippen LogP contribution in [0.25, 0.3) is 0 Å². The van der Waals surface area contributed by atoms with Crippen molar-refractivity contribution in [1.29, 1.82) is 0 Å². The highest BCUT2D eigenvalue weighted by Gasteiger charge is 2.14. The first kappa shape index (κ1) is 11.2. The molecule has 0 radical (unpaired) electrons. The van der Waals surface area contributed by atoms with Crippen molar-refractivity contribution in [2.75, 3.05) is 0 Å². The Balaban J connectivity index is 2.20. The maximum atomic E-state index is 5.59. The van der Waals surface area contributed by atoms with Gasteiger partial charge < -0.3 is 0 Å². The number of hydrogen-bond donors (Lipinski definition) is 2. The summed E-state index contributed by atoms with van der Waals surface area (Å²) in [7, 11) is 0. The molecule has 0 spiro atoms. The van der Waals surface area contributed by atoms with Crippen LogP contribution < -0.4 is 11.3 Å². The number of pyridine rings is 1. The van der Waals surface area contributed by atoms with Gasteiger partial charge in [0.05, 0.1) is 11.0 Å². The minimum atomic E-state index is 0.0693. The van der Waals surface area contributed by atoms with Crippen LogP contribution in [-0.2, 0) is 6.42 Å². The quantitative estimate of drug-likeness (QED) is 0.623. The number of nitrogens with zero attached hydrogens (tertiary/aromatic N) is 2. The fourth-order valence-corrected chi connectivity index (χ4v) is 2.29. The van der Waals surface area contributed by atoms with Crippen LogP contribution in [0.15, 0.2) is 30.0 Å². The van der Waals surface area contributed by atoms with E-state index in [0.29, 0.717) is 0 Å². The molecule has 0 saturated heterocycles. The lowest BCUT2D eigenvalue weighted by Gasteiger charge is -2.16. The first-order valence-electron chi connectivity index (χ1n) is 5.06. The average molecular weight is 234 g/mol. The largest absolute Gasteiger partial charge is 0.271 e. The third-order valence-electron chi connectivity index (χ3n) is 2.52. The van der Waals surface area contributed by atoms with E-state index < -0.39 is 0 Å². The maximum absolute atomic E-state index is 5.59. The zero-order chi connectivity index (χ0) is 11.4. The maximum Gasteiger partial charge on any atom is 0.0944 e. The Morgan fingerprint density at radius 1 is 1.50 bits per heavy atom. The number of hydrogen-bond acceptors (Lipinski definition) is 5. The average Bonchev–Trinajstić information content (AvgIpc) is 2.80. The van der Waals surface area contributed by atoms with Crippen LogP contribution in [0.3, 0.4) is 0 Å². The summed E-state index contributed by atoms with van der Waals surface area (Å²) in [6.07, 6.45) is 6.24. The first-order valence-corrected chi connectivity index (χ1v) is 5.94. The molecule has 2 aromatic rings. The van der Waals surface area contributed by atoms with Crippen molar-refractivity contribution in [1.82, 2.24) is 15.4 Å². The molecule has 1 atom stereocenters. The number of aryl methyl sites for hydroxylation is 1. The summed E-state index contributed by atoms with van der Waals surface area (Å²) in [6.45, 7) is 2.06. The van der Waals surface area contributed by atoms with Crippen LogP contribution in [0.1, 0.15) is 22.2 Å². The smallest absolute Gasteiger partial charge is 0.0944 e. The van der Waals surface area contributed by atoms with Gasteiger partial charge in [0.2, 0.25) is 0 Å². The topological polar surface area (TPSA) is 63.8 Å². The molecule has 84 valence electrons. The molecule has 2 aromatic heterocycles. The standard InChI is InChI=1S/C11H14N4S/c1-8-2-3-13-7-9(8)10(15-12)6-11-14-4-5-16-11/h2-5,7,10,15H,6,12H2,1H3. The molecule has 2 rings (SSSR count). The van der Waals surface area contributed by atoms with Gasteiger partial charge in [0, 0.05) is 30.4 Å². The molecule has 2 heterocycles. The van der Waals surface area contributed by atoms with Gasteiger partial charge >= 0.3 is 0 Å². The van der Waals surface area contributed by atoms with Gasteiger partial charge in [-0.05, 0) is 24.1 Å². The van der Waals surface area contributed by atoms with Crippen molar-refractivity contribution in [3.8, 4) is 0 Å². The van der Waals surface area contributed by atoms with E-state index in [4.69, 9.17) is 5.84 Å². The fourth-order valence-electron chi connectivity index (χ4n) is 1.63. The number of nitrogens with one attached hydrogen (secondary N) is 1. The molecule has 0 aliphatic rings. The van der Waals surface area contributed by atoms with Crippen LogP contribution in [0.4, 0.5) is 0 Å². The summed E-state index contributed by atoms with van der Waals surface area (Å²) in [5, 5.41) is 3.05.